The Hall–Kier alpha value is -6.18. The van der Waals surface area contributed by atoms with Gasteiger partial charge in [-0.3, -0.25) is 0 Å². The molecule has 0 aromatic heterocycles. The number of ether oxygens (including phenoxy) is 1. The summed E-state index contributed by atoms with van der Waals surface area (Å²) in [4.78, 5) is 0. The van der Waals surface area contributed by atoms with Crippen LogP contribution in [0.2, 0.25) is 0 Å². The molecule has 2 aliphatic rings. The molecule has 0 N–H and O–H groups in total. The number of hydrogen-bond acceptors (Lipinski definition) is 1. The van der Waals surface area contributed by atoms with Crippen molar-refractivity contribution in [3.05, 3.63) is 193 Å². The summed E-state index contributed by atoms with van der Waals surface area (Å²) in [6.45, 7) is 0. The summed E-state index contributed by atoms with van der Waals surface area (Å²) in [6.07, 6.45) is 5.59. The van der Waals surface area contributed by atoms with E-state index in [1.807, 2.05) is 97.1 Å². The average molecular weight is 636 g/mol. The topological polar surface area (TPSA) is 9.23 Å². The Morgan fingerprint density at radius 1 is 0.531 bits per heavy atom. The maximum atomic E-state index is 9.90. The van der Waals surface area contributed by atoms with Gasteiger partial charge in [0.15, 0.2) is 0 Å². The Morgan fingerprint density at radius 3 is 1.96 bits per heavy atom. The van der Waals surface area contributed by atoms with Crippen LogP contribution >= 0.6 is 0 Å². The molecule has 0 amide bonds. The quantitative estimate of drug-likeness (QED) is 0.175. The lowest BCUT2D eigenvalue weighted by Crippen LogP contribution is -2.19. The first-order valence-corrected chi connectivity index (χ1v) is 16.2. The van der Waals surface area contributed by atoms with Crippen molar-refractivity contribution in [3.8, 4) is 39.1 Å². The van der Waals surface area contributed by atoms with Gasteiger partial charge in [0.25, 0.3) is 0 Å². The minimum Gasteiger partial charge on any atom is -0.485 e. The molecule has 0 radical (unpaired) electrons. The summed E-state index contributed by atoms with van der Waals surface area (Å²) in [5.41, 5.74) is 4.97. The van der Waals surface area contributed by atoms with E-state index in [4.69, 9.17) is 17.1 Å². The highest BCUT2D eigenvalue weighted by molar-refractivity contribution is 6.20. The molecular weight excluding hydrogens is 593 g/mol. The van der Waals surface area contributed by atoms with Crippen LogP contribution in [0.4, 0.5) is 0 Å². The zero-order valence-electron chi connectivity index (χ0n) is 37.0. The molecule has 8 aromatic carbocycles. The van der Waals surface area contributed by atoms with Crippen LogP contribution in [0.1, 0.15) is 32.1 Å². The summed E-state index contributed by atoms with van der Waals surface area (Å²) in [6, 6.07) is 26.5. The highest BCUT2D eigenvalue weighted by Crippen LogP contribution is 2.53. The predicted molar refractivity (Wildman–Crippen MR) is 206 cm³/mol. The van der Waals surface area contributed by atoms with Gasteiger partial charge in [0, 0.05) is 5.56 Å². The van der Waals surface area contributed by atoms with E-state index in [9.17, 15) is 2.74 Å². The van der Waals surface area contributed by atoms with Gasteiger partial charge in [-0.2, -0.15) is 0 Å². The number of hydrogen-bond donors (Lipinski definition) is 0. The molecule has 0 saturated heterocycles. The summed E-state index contributed by atoms with van der Waals surface area (Å²) in [7, 11) is 0. The van der Waals surface area contributed by atoms with Crippen molar-refractivity contribution in [2.24, 2.45) is 0 Å². The summed E-state index contributed by atoms with van der Waals surface area (Å²) in [5.74, 6) is 0.266. The van der Waals surface area contributed by atoms with E-state index < -0.39 is 36.3 Å². The van der Waals surface area contributed by atoms with Crippen LogP contribution in [0, 0.1) is 0 Å². The SMILES string of the molecule is [2H]c1c([2H])c([2H])c(-c2ccc3c(c2)C2C(c4c5ccccc5c(-c5c([2H])c(-c6ccccc6)c6c([2H])c([2H])c([2H])c([2H])c6c5[2H])c5ccccc45)=CC=CC2O3)c([2H])c1[2H]. The fraction of sp³-hybridized carbons (Fsp3) is 0.0417. The smallest absolute Gasteiger partial charge is 0.128 e. The zero-order chi connectivity index (χ0) is 41.9. The van der Waals surface area contributed by atoms with Crippen molar-refractivity contribution in [2.75, 3.05) is 0 Å². The molecule has 1 aliphatic heterocycles. The van der Waals surface area contributed by atoms with Gasteiger partial charge >= 0.3 is 0 Å². The molecular formula is C48H32O. The Balaban J connectivity index is 1.26. The second-order valence-electron chi connectivity index (χ2n) is 12.3. The van der Waals surface area contributed by atoms with Crippen LogP contribution in [0.25, 0.3) is 71.3 Å². The number of fused-ring (bicyclic) bond motifs is 6. The van der Waals surface area contributed by atoms with Crippen LogP contribution in [-0.4, -0.2) is 6.10 Å². The molecule has 0 saturated carbocycles. The summed E-state index contributed by atoms with van der Waals surface area (Å²) in [5, 5.41) is 3.32. The van der Waals surface area contributed by atoms with Crippen molar-refractivity contribution >= 4 is 37.9 Å². The minimum atomic E-state index is -0.456. The summed E-state index contributed by atoms with van der Waals surface area (Å²) >= 11 is 0. The lowest BCUT2D eigenvalue weighted by atomic mass is 9.76. The van der Waals surface area contributed by atoms with E-state index in [0.29, 0.717) is 28.0 Å². The molecule has 0 bridgehead atoms. The van der Waals surface area contributed by atoms with Gasteiger partial charge in [-0.25, -0.2) is 0 Å². The van der Waals surface area contributed by atoms with E-state index in [0.717, 1.165) is 38.2 Å². The van der Waals surface area contributed by atoms with E-state index in [2.05, 4.69) is 6.08 Å². The van der Waals surface area contributed by atoms with Crippen molar-refractivity contribution in [3.63, 3.8) is 0 Å². The largest absolute Gasteiger partial charge is 0.485 e. The van der Waals surface area contributed by atoms with Crippen molar-refractivity contribution < 1.29 is 19.8 Å². The molecule has 1 heteroatoms. The molecule has 1 aliphatic carbocycles. The van der Waals surface area contributed by atoms with E-state index >= 15 is 0 Å². The van der Waals surface area contributed by atoms with Crippen molar-refractivity contribution in [1.29, 1.82) is 0 Å². The molecule has 8 aromatic rings. The van der Waals surface area contributed by atoms with Gasteiger partial charge in [-0.15, -0.1) is 0 Å². The number of rotatable bonds is 4. The molecule has 0 spiro atoms. The maximum absolute atomic E-state index is 9.90. The van der Waals surface area contributed by atoms with Gasteiger partial charge in [0.05, 0.1) is 21.0 Å². The van der Waals surface area contributed by atoms with Gasteiger partial charge < -0.3 is 4.74 Å². The Kier molecular flexibility index (Phi) is 4.34. The zero-order valence-corrected chi connectivity index (χ0v) is 26.0. The number of benzene rings is 8. The Morgan fingerprint density at radius 2 is 1.20 bits per heavy atom. The normalized spacial score (nSPS) is 19.5. The maximum Gasteiger partial charge on any atom is 0.128 e. The van der Waals surface area contributed by atoms with E-state index in [1.165, 1.54) is 0 Å². The Bertz CT molecular complexity index is 3180. The third-order valence-electron chi connectivity index (χ3n) is 9.61. The molecule has 2 atom stereocenters. The number of allylic oxidation sites excluding steroid dienone is 2. The second kappa shape index (κ2) is 11.2. The summed E-state index contributed by atoms with van der Waals surface area (Å²) < 4.78 is 103. The third kappa shape index (κ3) is 4.47. The molecule has 1 nitrogen and oxygen atoms in total. The fourth-order valence-electron chi connectivity index (χ4n) is 7.54. The second-order valence-corrected chi connectivity index (χ2v) is 12.3. The average Bonchev–Trinajstić information content (AvgIpc) is 3.64. The standard InChI is InChI=1S/C48H32O/c1-3-14-31(15-4-1)33-26-27-44-43(29-33)48-41(24-13-25-45(48)49-44)47-39-22-11-9-20-37(39)46(38-21-10-12-23-40(38)47)35-28-34-18-7-8-19-36(34)42(30-35)32-16-5-2-6-17-32/h1-30,45,48H/i1D,3D,4D,7D,8D,14D,15D,18D,19D,28D,30D. The molecule has 1 heterocycles. The van der Waals surface area contributed by atoms with Crippen LogP contribution in [0.15, 0.2) is 182 Å². The first-order valence-electron chi connectivity index (χ1n) is 21.7. The van der Waals surface area contributed by atoms with Gasteiger partial charge in [-0.05, 0) is 107 Å². The van der Waals surface area contributed by atoms with E-state index in [1.54, 1.807) is 12.1 Å². The monoisotopic (exact) mass is 635 g/mol. The molecule has 10 rings (SSSR count). The highest BCUT2D eigenvalue weighted by Gasteiger charge is 2.38. The first-order chi connectivity index (χ1) is 28.9. The van der Waals surface area contributed by atoms with Crippen LogP contribution in [0.5, 0.6) is 5.75 Å². The van der Waals surface area contributed by atoms with Crippen LogP contribution in [-0.2, 0) is 0 Å². The lowest BCUT2D eigenvalue weighted by Gasteiger charge is -2.26. The van der Waals surface area contributed by atoms with Crippen molar-refractivity contribution in [1.82, 2.24) is 0 Å². The lowest BCUT2D eigenvalue weighted by molar-refractivity contribution is 0.272. The first kappa shape index (κ1) is 19.0. The van der Waals surface area contributed by atoms with Gasteiger partial charge in [0.1, 0.15) is 11.9 Å². The predicted octanol–water partition coefficient (Wildman–Crippen LogP) is 12.6. The molecule has 0 fully saturated rings. The van der Waals surface area contributed by atoms with E-state index in [-0.39, 0.29) is 64.1 Å². The molecule has 2 unspecified atom stereocenters. The molecule has 230 valence electrons. The van der Waals surface area contributed by atoms with Crippen molar-refractivity contribution in [2.45, 2.75) is 12.0 Å². The van der Waals surface area contributed by atoms with Gasteiger partial charge in [-0.1, -0.05) is 151 Å². The highest BCUT2D eigenvalue weighted by atomic mass is 16.5. The van der Waals surface area contributed by atoms with Crippen LogP contribution in [0.3, 0.4) is 0 Å². The molecule has 49 heavy (non-hydrogen) atoms. The van der Waals surface area contributed by atoms with Gasteiger partial charge in [0.2, 0.25) is 0 Å². The van der Waals surface area contributed by atoms with Crippen LogP contribution < -0.4 is 4.74 Å². The fourth-order valence-corrected chi connectivity index (χ4v) is 7.54. The Labute approximate surface area is 301 Å². The third-order valence-corrected chi connectivity index (χ3v) is 9.61. The minimum absolute atomic E-state index is 0.0232.